The van der Waals surface area contributed by atoms with Gasteiger partial charge in [0.25, 0.3) is 11.5 Å². The van der Waals surface area contributed by atoms with E-state index in [1.807, 2.05) is 18.2 Å². The minimum absolute atomic E-state index is 0.162. The van der Waals surface area contributed by atoms with E-state index < -0.39 is 17.6 Å². The summed E-state index contributed by atoms with van der Waals surface area (Å²) < 4.78 is 18.7. The van der Waals surface area contributed by atoms with Crippen LogP contribution in [-0.2, 0) is 14.3 Å². The molecule has 0 fully saturated rings. The monoisotopic (exact) mass is 597 g/mol. The van der Waals surface area contributed by atoms with Crippen molar-refractivity contribution in [3.8, 4) is 11.5 Å². The van der Waals surface area contributed by atoms with Crippen molar-refractivity contribution in [2.75, 3.05) is 32.8 Å². The minimum Gasteiger partial charge on any atom is -0.493 e. The van der Waals surface area contributed by atoms with Crippen LogP contribution in [0.15, 0.2) is 61.9 Å². The van der Waals surface area contributed by atoms with Gasteiger partial charge in [-0.1, -0.05) is 33.3 Å². The summed E-state index contributed by atoms with van der Waals surface area (Å²) in [5, 5.41) is 0. The van der Waals surface area contributed by atoms with Crippen molar-refractivity contribution in [2.45, 2.75) is 19.9 Å². The lowest BCUT2D eigenvalue weighted by Gasteiger charge is -2.25. The van der Waals surface area contributed by atoms with Gasteiger partial charge in [-0.2, -0.15) is 0 Å². The number of thiazole rings is 1. The number of anilines is 1. The zero-order valence-corrected chi connectivity index (χ0v) is 23.7. The van der Waals surface area contributed by atoms with Crippen molar-refractivity contribution in [1.29, 1.82) is 0 Å². The molecule has 0 N–H and O–H groups in total. The van der Waals surface area contributed by atoms with E-state index in [9.17, 15) is 14.4 Å². The van der Waals surface area contributed by atoms with E-state index in [0.29, 0.717) is 44.4 Å². The highest BCUT2D eigenvalue weighted by molar-refractivity contribution is 9.10. The molecule has 1 atom stereocenters. The van der Waals surface area contributed by atoms with Gasteiger partial charge in [0, 0.05) is 17.1 Å². The fourth-order valence-electron chi connectivity index (χ4n) is 4.79. The van der Waals surface area contributed by atoms with Crippen molar-refractivity contribution in [3.05, 3.63) is 83.0 Å². The van der Waals surface area contributed by atoms with Gasteiger partial charge in [0.05, 0.1) is 49.4 Å². The molecule has 0 saturated heterocycles. The van der Waals surface area contributed by atoms with Crippen molar-refractivity contribution in [1.82, 2.24) is 4.57 Å². The lowest BCUT2D eigenvalue weighted by Crippen LogP contribution is -2.40. The van der Waals surface area contributed by atoms with Crippen LogP contribution in [0.5, 0.6) is 11.5 Å². The van der Waals surface area contributed by atoms with Crippen molar-refractivity contribution in [3.63, 3.8) is 0 Å². The number of allylic oxidation sites excluding steroid dienone is 1. The van der Waals surface area contributed by atoms with E-state index in [2.05, 4.69) is 20.9 Å². The predicted octanol–water partition coefficient (Wildman–Crippen LogP) is 2.92. The number of halogens is 1. The van der Waals surface area contributed by atoms with E-state index in [1.54, 1.807) is 39.1 Å². The molecule has 3 heterocycles. The first-order valence-corrected chi connectivity index (χ1v) is 13.3. The van der Waals surface area contributed by atoms with E-state index in [1.165, 1.54) is 23.7 Å². The third-order valence-electron chi connectivity index (χ3n) is 6.55. The first-order chi connectivity index (χ1) is 18.2. The second-order valence-corrected chi connectivity index (χ2v) is 10.5. The Balaban J connectivity index is 1.84. The third kappa shape index (κ3) is 3.97. The maximum atomic E-state index is 14.1. The Morgan fingerprint density at radius 2 is 1.84 bits per heavy atom. The van der Waals surface area contributed by atoms with Gasteiger partial charge in [0.1, 0.15) is 4.53 Å². The molecule has 2 aliphatic rings. The topological polar surface area (TPSA) is 99.4 Å². The van der Waals surface area contributed by atoms with Crippen molar-refractivity contribution in [2.24, 2.45) is 4.99 Å². The second-order valence-electron chi connectivity index (χ2n) is 8.64. The Morgan fingerprint density at radius 1 is 1.11 bits per heavy atom. The SMILES string of the molecule is CCOC(=O)C1=C(C)N=c2s/c(=C3\C(=O)N(C)c4ccc(Br)cc43)c(=O)n2[C@H]1c1ccc(OC)c(OC)c1. The molecule has 196 valence electrons. The lowest BCUT2D eigenvalue weighted by atomic mass is 9.95. The molecule has 0 bridgehead atoms. The van der Waals surface area contributed by atoms with Crippen LogP contribution in [0.25, 0.3) is 5.57 Å². The van der Waals surface area contributed by atoms with Gasteiger partial charge in [-0.25, -0.2) is 9.79 Å². The van der Waals surface area contributed by atoms with Crippen LogP contribution < -0.4 is 29.3 Å². The molecule has 0 spiro atoms. The molecule has 0 radical (unpaired) electrons. The molecule has 2 aromatic carbocycles. The Morgan fingerprint density at radius 3 is 2.53 bits per heavy atom. The number of nitrogens with zero attached hydrogens (tertiary/aromatic N) is 3. The molecule has 11 heteroatoms. The first-order valence-electron chi connectivity index (χ1n) is 11.7. The van der Waals surface area contributed by atoms with Gasteiger partial charge in [-0.15, -0.1) is 0 Å². The number of hydrogen-bond acceptors (Lipinski definition) is 8. The third-order valence-corrected chi connectivity index (χ3v) is 8.10. The Hall–Kier alpha value is -3.70. The number of aromatic nitrogens is 1. The Bertz CT molecular complexity index is 1720. The molecule has 5 rings (SSSR count). The van der Waals surface area contributed by atoms with Crippen LogP contribution >= 0.6 is 27.3 Å². The van der Waals surface area contributed by atoms with Crippen LogP contribution in [-0.4, -0.2) is 44.3 Å². The highest BCUT2D eigenvalue weighted by Gasteiger charge is 2.36. The zero-order chi connectivity index (χ0) is 27.3. The number of carbonyl (C=O) groups excluding carboxylic acids is 2. The number of hydrogen-bond donors (Lipinski definition) is 0. The summed E-state index contributed by atoms with van der Waals surface area (Å²) in [6.45, 7) is 3.59. The summed E-state index contributed by atoms with van der Waals surface area (Å²) in [7, 11) is 4.72. The van der Waals surface area contributed by atoms with Crippen LogP contribution in [0.2, 0.25) is 0 Å². The van der Waals surface area contributed by atoms with Crippen LogP contribution in [0.4, 0.5) is 5.69 Å². The molecule has 38 heavy (non-hydrogen) atoms. The Labute approximate surface area is 230 Å². The summed E-state index contributed by atoms with van der Waals surface area (Å²) >= 11 is 4.59. The zero-order valence-electron chi connectivity index (χ0n) is 21.3. The number of methoxy groups -OCH3 is 2. The molecular formula is C27H24BrN3O6S. The molecule has 0 saturated carbocycles. The summed E-state index contributed by atoms with van der Waals surface area (Å²) in [5.41, 5.74) is 2.51. The molecule has 9 nitrogen and oxygen atoms in total. The van der Waals surface area contributed by atoms with Crippen LogP contribution in [0, 0.1) is 0 Å². The van der Waals surface area contributed by atoms with Crippen LogP contribution in [0.3, 0.4) is 0 Å². The maximum Gasteiger partial charge on any atom is 0.338 e. The number of ether oxygens (including phenoxy) is 3. The largest absolute Gasteiger partial charge is 0.493 e. The number of amides is 1. The van der Waals surface area contributed by atoms with Crippen molar-refractivity contribution < 1.29 is 23.8 Å². The van der Waals surface area contributed by atoms with Gasteiger partial charge >= 0.3 is 5.97 Å². The van der Waals surface area contributed by atoms with E-state index in [-0.39, 0.29) is 22.6 Å². The second kappa shape index (κ2) is 9.88. The number of esters is 1. The number of likely N-dealkylation sites (N-methyl/N-ethyl adjacent to an activating group) is 1. The van der Waals surface area contributed by atoms with E-state index in [0.717, 1.165) is 15.8 Å². The molecule has 0 unspecified atom stereocenters. The highest BCUT2D eigenvalue weighted by Crippen LogP contribution is 2.38. The van der Waals surface area contributed by atoms with Gasteiger partial charge < -0.3 is 19.1 Å². The van der Waals surface area contributed by atoms with Gasteiger partial charge in [-0.3, -0.25) is 14.2 Å². The molecular weight excluding hydrogens is 574 g/mol. The summed E-state index contributed by atoms with van der Waals surface area (Å²) in [5.74, 6) is 0.0926. The summed E-state index contributed by atoms with van der Waals surface area (Å²) in [6.07, 6.45) is 0. The lowest BCUT2D eigenvalue weighted by molar-refractivity contribution is -0.139. The normalized spacial score (nSPS) is 17.7. The average molecular weight is 598 g/mol. The van der Waals surface area contributed by atoms with E-state index in [4.69, 9.17) is 14.2 Å². The summed E-state index contributed by atoms with van der Waals surface area (Å²) in [4.78, 5) is 47.2. The van der Waals surface area contributed by atoms with Gasteiger partial charge in [0.15, 0.2) is 16.3 Å². The fourth-order valence-corrected chi connectivity index (χ4v) is 6.29. The standard InChI is InChI=1S/C27H24BrN3O6S/c1-6-37-26(34)20-13(2)29-27-31(22(20)14-7-10-18(35-4)19(11-14)36-5)25(33)23(38-27)21-16-12-15(28)8-9-17(16)30(3)24(21)32/h7-12,22H,6H2,1-5H3/b23-21-/t22-/m0/s1. The fraction of sp³-hybridized carbons (Fsp3) is 0.259. The van der Waals surface area contributed by atoms with E-state index >= 15 is 0 Å². The average Bonchev–Trinajstić information content (AvgIpc) is 3.34. The number of rotatable bonds is 5. The quantitative estimate of drug-likeness (QED) is 0.419. The summed E-state index contributed by atoms with van der Waals surface area (Å²) in [6, 6.07) is 9.86. The minimum atomic E-state index is -0.851. The number of carbonyl (C=O) groups is 2. The number of benzene rings is 2. The molecule has 1 amide bonds. The molecule has 1 aromatic heterocycles. The molecule has 0 aliphatic carbocycles. The Kier molecular flexibility index (Phi) is 6.74. The molecule has 3 aromatic rings. The van der Waals surface area contributed by atoms with Gasteiger partial charge in [-0.05, 0) is 49.7 Å². The first kappa shape index (κ1) is 25.9. The van der Waals surface area contributed by atoms with Crippen LogP contribution in [0.1, 0.15) is 31.0 Å². The molecule has 2 aliphatic heterocycles. The smallest absolute Gasteiger partial charge is 0.338 e. The predicted molar refractivity (Wildman–Crippen MR) is 146 cm³/mol. The highest BCUT2D eigenvalue weighted by atomic mass is 79.9. The van der Waals surface area contributed by atoms with Crippen molar-refractivity contribution >= 4 is 50.4 Å². The number of fused-ring (bicyclic) bond motifs is 2. The van der Waals surface area contributed by atoms with Gasteiger partial charge in [0.2, 0.25) is 0 Å². The maximum absolute atomic E-state index is 14.1.